The first-order valence-corrected chi connectivity index (χ1v) is 7.23. The van der Waals surface area contributed by atoms with Crippen LogP contribution in [-0.2, 0) is 20.7 Å². The molecule has 108 valence electrons. The second-order valence-corrected chi connectivity index (χ2v) is 6.02. The molecule has 2 aliphatic rings. The predicted octanol–water partition coefficient (Wildman–Crippen LogP) is 1.97. The molecule has 4 heteroatoms. The molecule has 20 heavy (non-hydrogen) atoms. The molecule has 0 saturated carbocycles. The minimum atomic E-state index is -0.716. The molecule has 1 aromatic carbocycles. The third-order valence-electron chi connectivity index (χ3n) is 4.55. The lowest BCUT2D eigenvalue weighted by molar-refractivity contribution is -0.162. The molecule has 2 N–H and O–H groups in total. The maximum atomic E-state index is 12.5. The Hall–Kier alpha value is -1.39. The minimum absolute atomic E-state index is 0.142. The number of rotatable bonds is 2. The number of hydrogen-bond acceptors (Lipinski definition) is 4. The molecule has 1 heterocycles. The second-order valence-electron chi connectivity index (χ2n) is 6.02. The van der Waals surface area contributed by atoms with Gasteiger partial charge in [0.1, 0.15) is 11.5 Å². The number of carbonyl (C=O) groups is 1. The zero-order valence-electron chi connectivity index (χ0n) is 11.8. The van der Waals surface area contributed by atoms with Crippen LogP contribution in [0.2, 0.25) is 0 Å². The summed E-state index contributed by atoms with van der Waals surface area (Å²) < 4.78 is 11.1. The lowest BCUT2D eigenvalue weighted by atomic mass is 9.85. The summed E-state index contributed by atoms with van der Waals surface area (Å²) in [4.78, 5) is 12.5. The highest BCUT2D eigenvalue weighted by atomic mass is 16.6. The molecule has 1 aromatic rings. The van der Waals surface area contributed by atoms with Crippen LogP contribution in [0, 0.1) is 5.41 Å². The van der Waals surface area contributed by atoms with Crippen molar-refractivity contribution in [2.75, 3.05) is 13.2 Å². The zero-order chi connectivity index (χ0) is 14.2. The second kappa shape index (κ2) is 5.19. The number of esters is 1. The highest BCUT2D eigenvalue weighted by Crippen LogP contribution is 2.36. The van der Waals surface area contributed by atoms with Crippen molar-refractivity contribution < 1.29 is 14.3 Å². The molecular weight excluding hydrogens is 254 g/mol. The van der Waals surface area contributed by atoms with Gasteiger partial charge in [0.2, 0.25) is 0 Å². The number of aryl methyl sites for hydroxylation is 1. The van der Waals surface area contributed by atoms with Crippen molar-refractivity contribution in [1.29, 1.82) is 0 Å². The van der Waals surface area contributed by atoms with Crippen molar-refractivity contribution in [3.8, 4) is 0 Å². The summed E-state index contributed by atoms with van der Waals surface area (Å²) in [7, 11) is 0. The Morgan fingerprint density at radius 1 is 1.45 bits per heavy atom. The van der Waals surface area contributed by atoms with Crippen LogP contribution in [0.3, 0.4) is 0 Å². The van der Waals surface area contributed by atoms with Gasteiger partial charge in [-0.15, -0.1) is 0 Å². The molecule has 0 amide bonds. The van der Waals surface area contributed by atoms with E-state index >= 15 is 0 Å². The number of carbonyl (C=O) groups excluding carboxylic acids is 1. The molecule has 3 atom stereocenters. The van der Waals surface area contributed by atoms with Gasteiger partial charge in [-0.05, 0) is 37.3 Å². The van der Waals surface area contributed by atoms with E-state index in [2.05, 4.69) is 12.1 Å². The van der Waals surface area contributed by atoms with Crippen LogP contribution < -0.4 is 5.73 Å². The van der Waals surface area contributed by atoms with Gasteiger partial charge in [-0.2, -0.15) is 0 Å². The third-order valence-corrected chi connectivity index (χ3v) is 4.55. The standard InChI is InChI=1S/C16H21NO3/c1-16(10-19-9-14(16)17)15(18)20-13-8-4-6-11-5-2-3-7-12(11)13/h2-3,5,7,13-14H,4,6,8-10,17H2,1H3. The van der Waals surface area contributed by atoms with E-state index in [0.717, 1.165) is 24.8 Å². The van der Waals surface area contributed by atoms with E-state index in [1.165, 1.54) is 5.56 Å². The third kappa shape index (κ3) is 2.23. The number of ether oxygens (including phenoxy) is 2. The summed E-state index contributed by atoms with van der Waals surface area (Å²) in [5.41, 5.74) is 7.70. The number of benzene rings is 1. The van der Waals surface area contributed by atoms with Crippen LogP contribution >= 0.6 is 0 Å². The summed E-state index contributed by atoms with van der Waals surface area (Å²) in [6, 6.07) is 7.91. The number of nitrogens with two attached hydrogens (primary N) is 1. The number of fused-ring (bicyclic) bond motifs is 1. The van der Waals surface area contributed by atoms with E-state index in [0.29, 0.717) is 13.2 Å². The summed E-state index contributed by atoms with van der Waals surface area (Å²) in [5, 5.41) is 0. The molecule has 1 saturated heterocycles. The van der Waals surface area contributed by atoms with Crippen LogP contribution in [0.4, 0.5) is 0 Å². The van der Waals surface area contributed by atoms with Crippen LogP contribution in [0.5, 0.6) is 0 Å². The van der Waals surface area contributed by atoms with Crippen molar-refractivity contribution in [3.63, 3.8) is 0 Å². The van der Waals surface area contributed by atoms with Crippen molar-refractivity contribution in [2.45, 2.75) is 38.3 Å². The minimum Gasteiger partial charge on any atom is -0.457 e. The molecule has 0 spiro atoms. The first kappa shape index (κ1) is 13.6. The Bertz CT molecular complexity index is 516. The first-order chi connectivity index (χ1) is 9.61. The lowest BCUT2D eigenvalue weighted by Gasteiger charge is -2.30. The smallest absolute Gasteiger partial charge is 0.316 e. The molecule has 1 aliphatic carbocycles. The Balaban J connectivity index is 1.77. The monoisotopic (exact) mass is 275 g/mol. The van der Waals surface area contributed by atoms with E-state index in [1.807, 2.05) is 19.1 Å². The van der Waals surface area contributed by atoms with Crippen molar-refractivity contribution >= 4 is 5.97 Å². The van der Waals surface area contributed by atoms with Gasteiger partial charge in [0.25, 0.3) is 0 Å². The van der Waals surface area contributed by atoms with E-state index in [-0.39, 0.29) is 18.1 Å². The Morgan fingerprint density at radius 3 is 3.00 bits per heavy atom. The zero-order valence-corrected chi connectivity index (χ0v) is 11.8. The van der Waals surface area contributed by atoms with E-state index in [1.54, 1.807) is 0 Å². The fraction of sp³-hybridized carbons (Fsp3) is 0.562. The highest BCUT2D eigenvalue weighted by Gasteiger charge is 2.46. The highest BCUT2D eigenvalue weighted by molar-refractivity contribution is 5.78. The van der Waals surface area contributed by atoms with Gasteiger partial charge >= 0.3 is 5.97 Å². The quantitative estimate of drug-likeness (QED) is 0.838. The fourth-order valence-corrected chi connectivity index (χ4v) is 2.99. The van der Waals surface area contributed by atoms with Crippen LogP contribution in [0.25, 0.3) is 0 Å². The molecule has 1 aliphatic heterocycles. The topological polar surface area (TPSA) is 61.5 Å². The largest absolute Gasteiger partial charge is 0.457 e. The van der Waals surface area contributed by atoms with Crippen molar-refractivity contribution in [2.24, 2.45) is 11.1 Å². The fourth-order valence-electron chi connectivity index (χ4n) is 2.99. The van der Waals surface area contributed by atoms with Gasteiger partial charge in [-0.3, -0.25) is 4.79 Å². The van der Waals surface area contributed by atoms with Gasteiger partial charge in [0.15, 0.2) is 0 Å². The predicted molar refractivity (Wildman–Crippen MR) is 75.1 cm³/mol. The van der Waals surface area contributed by atoms with E-state index in [4.69, 9.17) is 15.2 Å². The van der Waals surface area contributed by atoms with Crippen molar-refractivity contribution in [3.05, 3.63) is 35.4 Å². The Labute approximate surface area is 119 Å². The normalized spacial score (nSPS) is 32.7. The Morgan fingerprint density at radius 2 is 2.25 bits per heavy atom. The lowest BCUT2D eigenvalue weighted by Crippen LogP contribution is -2.45. The van der Waals surface area contributed by atoms with Crippen LogP contribution in [0.15, 0.2) is 24.3 Å². The van der Waals surface area contributed by atoms with Gasteiger partial charge in [0, 0.05) is 6.04 Å². The molecule has 3 rings (SSSR count). The molecule has 4 nitrogen and oxygen atoms in total. The van der Waals surface area contributed by atoms with Crippen LogP contribution in [0.1, 0.15) is 37.0 Å². The molecule has 0 radical (unpaired) electrons. The summed E-state index contributed by atoms with van der Waals surface area (Å²) in [6.07, 6.45) is 2.85. The average molecular weight is 275 g/mol. The Kier molecular flexibility index (Phi) is 3.52. The van der Waals surface area contributed by atoms with Gasteiger partial charge in [-0.25, -0.2) is 0 Å². The van der Waals surface area contributed by atoms with E-state index < -0.39 is 5.41 Å². The molecule has 1 fully saturated rings. The molecule has 0 aromatic heterocycles. The average Bonchev–Trinajstić information content (AvgIpc) is 2.80. The first-order valence-electron chi connectivity index (χ1n) is 7.23. The molecular formula is C16H21NO3. The summed E-state index contributed by atoms with van der Waals surface area (Å²) >= 11 is 0. The molecule has 0 bridgehead atoms. The van der Waals surface area contributed by atoms with Gasteiger partial charge < -0.3 is 15.2 Å². The van der Waals surface area contributed by atoms with E-state index in [9.17, 15) is 4.79 Å². The summed E-state index contributed by atoms with van der Waals surface area (Å²) in [5.74, 6) is -0.232. The summed E-state index contributed by atoms with van der Waals surface area (Å²) in [6.45, 7) is 2.61. The van der Waals surface area contributed by atoms with Gasteiger partial charge in [-0.1, -0.05) is 24.3 Å². The maximum absolute atomic E-state index is 12.5. The number of hydrogen-bond donors (Lipinski definition) is 1. The molecule has 3 unspecified atom stereocenters. The van der Waals surface area contributed by atoms with Crippen LogP contribution in [-0.4, -0.2) is 25.2 Å². The van der Waals surface area contributed by atoms with Crippen molar-refractivity contribution in [1.82, 2.24) is 0 Å². The SMILES string of the molecule is CC1(C(=O)OC2CCCc3ccccc32)COCC1N. The maximum Gasteiger partial charge on any atom is 0.316 e. The van der Waals surface area contributed by atoms with Gasteiger partial charge in [0.05, 0.1) is 13.2 Å².